The van der Waals surface area contributed by atoms with Crippen LogP contribution in [0.5, 0.6) is 0 Å². The van der Waals surface area contributed by atoms with Gasteiger partial charge in [-0.1, -0.05) is 219 Å². The number of hydrogen-bond donors (Lipinski definition) is 1. The van der Waals surface area contributed by atoms with Crippen molar-refractivity contribution in [2.45, 2.75) is 290 Å². The van der Waals surface area contributed by atoms with Crippen LogP contribution in [0.3, 0.4) is 0 Å². The summed E-state index contributed by atoms with van der Waals surface area (Å²) >= 11 is 0. The Balaban J connectivity index is 4.47. The lowest BCUT2D eigenvalue weighted by Gasteiger charge is -2.27. The molecule has 0 saturated carbocycles. The van der Waals surface area contributed by atoms with Crippen molar-refractivity contribution >= 4 is 6.21 Å². The quantitative estimate of drug-likeness (QED) is 0.0377. The highest BCUT2D eigenvalue weighted by molar-refractivity contribution is 5.65. The number of nitrogens with zero attached hydrogens (tertiary/aromatic N) is 2. The van der Waals surface area contributed by atoms with E-state index >= 15 is 0 Å². The molecule has 6 nitrogen and oxygen atoms in total. The maximum atomic E-state index is 7.82. The molecular formula is C52H105N3O3. The second-order valence-corrected chi connectivity index (χ2v) is 19.5. The predicted molar refractivity (Wildman–Crippen MR) is 255 cm³/mol. The smallest absolute Gasteiger partial charge is 0.128 e. The van der Waals surface area contributed by atoms with Crippen LogP contribution in [0.4, 0.5) is 0 Å². The first kappa shape index (κ1) is 57.1. The molecule has 1 atom stereocenters. The molecule has 0 aromatic carbocycles. The third-order valence-corrected chi connectivity index (χ3v) is 12.5. The van der Waals surface area contributed by atoms with Crippen molar-refractivity contribution in [1.82, 2.24) is 0 Å². The zero-order chi connectivity index (χ0) is 42.7. The highest BCUT2D eigenvalue weighted by atomic mass is 16.5. The first-order valence-corrected chi connectivity index (χ1v) is 25.8. The number of aliphatic imine (C=N–C) groups is 1. The summed E-state index contributed by atoms with van der Waals surface area (Å²) in [7, 11) is 1.73. The van der Waals surface area contributed by atoms with Crippen molar-refractivity contribution in [2.24, 2.45) is 16.0 Å². The topological polar surface area (TPSA) is 76.3 Å². The normalized spacial score (nSPS) is 13.0. The molecule has 0 spiro atoms. The van der Waals surface area contributed by atoms with E-state index in [4.69, 9.17) is 24.7 Å². The van der Waals surface area contributed by atoms with Crippen LogP contribution in [0.1, 0.15) is 273 Å². The van der Waals surface area contributed by atoms with Gasteiger partial charge in [0, 0.05) is 33.1 Å². The van der Waals surface area contributed by atoms with Crippen LogP contribution in [0.25, 0.3) is 0 Å². The summed E-state index contributed by atoms with van der Waals surface area (Å²) in [6.07, 6.45) is 51.3. The summed E-state index contributed by atoms with van der Waals surface area (Å²) in [5.74, 6) is 0.608. The fourth-order valence-corrected chi connectivity index (χ4v) is 8.09. The van der Waals surface area contributed by atoms with Gasteiger partial charge in [-0.15, -0.1) is 0 Å². The highest BCUT2D eigenvalue weighted by Crippen LogP contribution is 2.22. The maximum absolute atomic E-state index is 7.82. The molecule has 1 N–H and O–H groups in total. The van der Waals surface area contributed by atoms with Crippen molar-refractivity contribution in [3.8, 4) is 0 Å². The second kappa shape index (κ2) is 42.8. The van der Waals surface area contributed by atoms with Gasteiger partial charge in [0.05, 0.1) is 17.7 Å². The minimum absolute atomic E-state index is 0.211. The van der Waals surface area contributed by atoms with Crippen LogP contribution in [-0.2, 0) is 14.2 Å². The second-order valence-electron chi connectivity index (χ2n) is 19.5. The van der Waals surface area contributed by atoms with Gasteiger partial charge in [0.25, 0.3) is 0 Å². The first-order chi connectivity index (χ1) is 28.2. The van der Waals surface area contributed by atoms with Gasteiger partial charge in [0.15, 0.2) is 0 Å². The molecule has 0 aromatic rings. The first-order valence-electron chi connectivity index (χ1n) is 25.8. The maximum Gasteiger partial charge on any atom is 0.128 e. The summed E-state index contributed by atoms with van der Waals surface area (Å²) in [4.78, 5) is 4.83. The highest BCUT2D eigenvalue weighted by Gasteiger charge is 2.22. The molecule has 6 heteroatoms. The molecule has 0 aliphatic carbocycles. The standard InChI is InChI=1S/C52H105N3O3/c1-8-10-12-14-16-18-20-22-24-26-28-30-32-34-36-38-40-49(41-39-37-35-33-31-29-27-25-23-21-19-17-15-13-11-9-2)47-57-48-50(55-53)46-54-51(3,4)42-45-58-52(5,6)43-44-56-7/h46,49-50,53H,8-45,47-48H2,1-7H3. The summed E-state index contributed by atoms with van der Waals surface area (Å²) in [6.45, 7) is 15.6. The molecule has 0 fully saturated rings. The molecule has 0 amide bonds. The van der Waals surface area contributed by atoms with E-state index in [9.17, 15) is 0 Å². The molecule has 0 saturated heterocycles. The zero-order valence-electron chi connectivity index (χ0n) is 40.6. The van der Waals surface area contributed by atoms with Gasteiger partial charge in [-0.2, -0.15) is 5.11 Å². The minimum atomic E-state index is -0.329. The van der Waals surface area contributed by atoms with Crippen LogP contribution in [-0.4, -0.2) is 56.9 Å². The molecule has 346 valence electrons. The van der Waals surface area contributed by atoms with Gasteiger partial charge in [-0.3, -0.25) is 4.99 Å². The Hall–Kier alpha value is -0.850. The molecule has 58 heavy (non-hydrogen) atoms. The average Bonchev–Trinajstić information content (AvgIpc) is 3.20. The SMILES string of the molecule is CCCCCCCCCCCCCCCCCCC(CCCCCCCCCCCCCCCCCC)COCC(C=NC(C)(C)CCOC(C)(C)CCOC)N=N. The van der Waals surface area contributed by atoms with E-state index < -0.39 is 0 Å². The van der Waals surface area contributed by atoms with E-state index in [1.54, 1.807) is 7.11 Å². The van der Waals surface area contributed by atoms with Gasteiger partial charge in [-0.25, -0.2) is 5.53 Å². The van der Waals surface area contributed by atoms with Gasteiger partial charge < -0.3 is 14.2 Å². The Bertz CT molecular complexity index is 827. The van der Waals surface area contributed by atoms with Crippen LogP contribution < -0.4 is 0 Å². The van der Waals surface area contributed by atoms with Crippen molar-refractivity contribution in [3.63, 3.8) is 0 Å². The van der Waals surface area contributed by atoms with Crippen LogP contribution in [0, 0.1) is 11.4 Å². The van der Waals surface area contributed by atoms with Gasteiger partial charge in [-0.05, 0) is 59.3 Å². The molecule has 0 rings (SSSR count). The van der Waals surface area contributed by atoms with E-state index in [1.807, 2.05) is 6.21 Å². The Kier molecular flexibility index (Phi) is 42.2. The van der Waals surface area contributed by atoms with Crippen LogP contribution >= 0.6 is 0 Å². The lowest BCUT2D eigenvalue weighted by atomic mass is 9.94. The Morgan fingerprint density at radius 3 is 1.19 bits per heavy atom. The third-order valence-electron chi connectivity index (χ3n) is 12.5. The van der Waals surface area contributed by atoms with Crippen molar-refractivity contribution in [1.29, 1.82) is 5.53 Å². The van der Waals surface area contributed by atoms with E-state index in [0.29, 0.717) is 25.7 Å². The molecule has 0 radical (unpaired) electrons. The van der Waals surface area contributed by atoms with Crippen LogP contribution in [0.15, 0.2) is 10.1 Å². The van der Waals surface area contributed by atoms with E-state index in [2.05, 4.69) is 46.7 Å². The number of unbranched alkanes of at least 4 members (excludes halogenated alkanes) is 30. The van der Waals surface area contributed by atoms with Gasteiger partial charge in [0.2, 0.25) is 0 Å². The van der Waals surface area contributed by atoms with Crippen LogP contribution in [0.2, 0.25) is 0 Å². The third kappa shape index (κ3) is 41.9. The molecule has 0 heterocycles. The zero-order valence-corrected chi connectivity index (χ0v) is 40.6. The lowest BCUT2D eigenvalue weighted by Crippen LogP contribution is -2.30. The van der Waals surface area contributed by atoms with E-state index in [-0.39, 0.29) is 17.2 Å². The Morgan fingerprint density at radius 1 is 0.483 bits per heavy atom. The summed E-state index contributed by atoms with van der Waals surface area (Å²) in [6, 6.07) is -0.329. The number of rotatable bonds is 48. The van der Waals surface area contributed by atoms with Crippen molar-refractivity contribution in [2.75, 3.05) is 33.5 Å². The number of ether oxygens (including phenoxy) is 3. The molecule has 1 unspecified atom stereocenters. The van der Waals surface area contributed by atoms with Crippen molar-refractivity contribution < 1.29 is 14.2 Å². The summed E-state index contributed by atoms with van der Waals surface area (Å²) < 4.78 is 17.7. The minimum Gasteiger partial charge on any atom is -0.385 e. The largest absolute Gasteiger partial charge is 0.385 e. The fourth-order valence-electron chi connectivity index (χ4n) is 8.09. The van der Waals surface area contributed by atoms with Gasteiger partial charge in [0.1, 0.15) is 6.04 Å². The number of methoxy groups -OCH3 is 1. The van der Waals surface area contributed by atoms with E-state index in [1.165, 1.54) is 218 Å². The predicted octanol–water partition coefficient (Wildman–Crippen LogP) is 17.4. The molecular weight excluding hydrogens is 715 g/mol. The van der Waals surface area contributed by atoms with Gasteiger partial charge >= 0.3 is 0 Å². The average molecular weight is 820 g/mol. The monoisotopic (exact) mass is 820 g/mol. The molecule has 0 aliphatic heterocycles. The summed E-state index contributed by atoms with van der Waals surface area (Å²) in [5.41, 5.74) is 7.33. The van der Waals surface area contributed by atoms with Crippen molar-refractivity contribution in [3.05, 3.63) is 0 Å². The number of hydrogen-bond acceptors (Lipinski definition) is 6. The molecule has 0 aromatic heterocycles. The Labute approximate surface area is 364 Å². The lowest BCUT2D eigenvalue weighted by molar-refractivity contribution is -0.0412. The Morgan fingerprint density at radius 2 is 0.845 bits per heavy atom. The molecule has 0 bridgehead atoms. The summed E-state index contributed by atoms with van der Waals surface area (Å²) in [5, 5.41) is 3.87. The molecule has 0 aliphatic rings. The van der Waals surface area contributed by atoms with E-state index in [0.717, 1.165) is 19.4 Å². The fraction of sp³-hybridized carbons (Fsp3) is 0.981. The number of nitrogens with one attached hydrogen (secondary N) is 1.